The molecule has 1 fully saturated rings. The molecule has 1 atom stereocenters. The third-order valence-corrected chi connectivity index (χ3v) is 6.76. The van der Waals surface area contributed by atoms with Gasteiger partial charge >= 0.3 is 0 Å². The van der Waals surface area contributed by atoms with E-state index >= 15 is 0 Å². The summed E-state index contributed by atoms with van der Waals surface area (Å²) in [6, 6.07) is 18.6. The molecule has 2 aromatic heterocycles. The lowest BCUT2D eigenvalue weighted by Gasteiger charge is -2.36. The third kappa shape index (κ3) is 3.76. The first-order chi connectivity index (χ1) is 14.3. The van der Waals surface area contributed by atoms with E-state index in [2.05, 4.69) is 28.1 Å². The van der Waals surface area contributed by atoms with Crippen LogP contribution in [0.3, 0.4) is 0 Å². The van der Waals surface area contributed by atoms with Crippen molar-refractivity contribution >= 4 is 21.6 Å². The van der Waals surface area contributed by atoms with Crippen LogP contribution in [0.25, 0.3) is 20.8 Å². The summed E-state index contributed by atoms with van der Waals surface area (Å²) in [5, 5.41) is 11.5. The number of likely N-dealkylation sites (tertiary alicyclic amines) is 1. The number of rotatable bonds is 4. The molecular formula is C24H23N3OS. The molecule has 0 spiro atoms. The van der Waals surface area contributed by atoms with Crippen LogP contribution >= 0.6 is 11.3 Å². The molecular weight excluding hydrogens is 378 g/mol. The fourth-order valence-corrected chi connectivity index (χ4v) is 5.15. The molecule has 5 rings (SSSR count). The van der Waals surface area contributed by atoms with Crippen LogP contribution in [-0.4, -0.2) is 26.5 Å². The van der Waals surface area contributed by atoms with Gasteiger partial charge in [0.1, 0.15) is 10.8 Å². The van der Waals surface area contributed by atoms with Crippen LogP contribution in [0.1, 0.15) is 36.4 Å². The normalized spacial score (nSPS) is 17.6. The first-order valence-corrected chi connectivity index (χ1v) is 10.9. The van der Waals surface area contributed by atoms with Gasteiger partial charge in [0.15, 0.2) is 0 Å². The van der Waals surface area contributed by atoms with Crippen LogP contribution in [0.4, 0.5) is 0 Å². The second-order valence-corrected chi connectivity index (χ2v) is 8.63. The van der Waals surface area contributed by atoms with Crippen LogP contribution < -0.4 is 0 Å². The number of benzene rings is 2. The number of phenolic OH excluding ortho intramolecular Hbond substituents is 1. The first kappa shape index (κ1) is 18.3. The number of pyridine rings is 1. The molecule has 2 aromatic carbocycles. The Labute approximate surface area is 174 Å². The fourth-order valence-electron chi connectivity index (χ4n) is 4.19. The Kier molecular flexibility index (Phi) is 5.00. The summed E-state index contributed by atoms with van der Waals surface area (Å²) in [5.74, 6) is 0.352. The smallest absolute Gasteiger partial charge is 0.124 e. The van der Waals surface area contributed by atoms with Gasteiger partial charge in [-0.15, -0.1) is 11.3 Å². The largest absolute Gasteiger partial charge is 0.508 e. The molecule has 1 aliphatic rings. The lowest BCUT2D eigenvalue weighted by Crippen LogP contribution is -2.33. The second kappa shape index (κ2) is 7.93. The van der Waals surface area contributed by atoms with Gasteiger partial charge in [-0.1, -0.05) is 24.6 Å². The van der Waals surface area contributed by atoms with E-state index in [9.17, 15) is 5.11 Å². The van der Waals surface area contributed by atoms with Crippen LogP contribution in [0.15, 0.2) is 67.0 Å². The van der Waals surface area contributed by atoms with Gasteiger partial charge in [0.05, 0.1) is 10.2 Å². The van der Waals surface area contributed by atoms with E-state index in [-0.39, 0.29) is 0 Å². The zero-order valence-electron chi connectivity index (χ0n) is 16.2. The topological polar surface area (TPSA) is 49.3 Å². The summed E-state index contributed by atoms with van der Waals surface area (Å²) in [5.41, 5.74) is 4.30. The second-order valence-electron chi connectivity index (χ2n) is 7.60. The quantitative estimate of drug-likeness (QED) is 0.470. The SMILES string of the molecule is Oc1ccc(-c2nc3ccccc3s2)cc1CN1CCCCC1c1cccnc1. The average Bonchev–Trinajstić information content (AvgIpc) is 3.21. The maximum Gasteiger partial charge on any atom is 0.124 e. The van der Waals surface area contributed by atoms with Crippen molar-refractivity contribution in [2.45, 2.75) is 31.8 Å². The van der Waals surface area contributed by atoms with Gasteiger partial charge in [-0.3, -0.25) is 9.88 Å². The summed E-state index contributed by atoms with van der Waals surface area (Å²) >= 11 is 1.69. The van der Waals surface area contributed by atoms with Crippen molar-refractivity contribution in [3.05, 3.63) is 78.1 Å². The Morgan fingerprint density at radius 2 is 2.00 bits per heavy atom. The number of aromatic hydroxyl groups is 1. The van der Waals surface area contributed by atoms with Gasteiger partial charge in [-0.05, 0) is 61.3 Å². The van der Waals surface area contributed by atoms with Crippen LogP contribution in [0, 0.1) is 0 Å². The molecule has 5 heteroatoms. The summed E-state index contributed by atoms with van der Waals surface area (Å²) < 4.78 is 1.18. The minimum atomic E-state index is 0.350. The van der Waals surface area contributed by atoms with Gasteiger partial charge in [0.25, 0.3) is 0 Å². The van der Waals surface area contributed by atoms with Crippen molar-refractivity contribution in [1.29, 1.82) is 0 Å². The maximum absolute atomic E-state index is 10.6. The Morgan fingerprint density at radius 3 is 2.86 bits per heavy atom. The number of hydrogen-bond donors (Lipinski definition) is 1. The van der Waals surface area contributed by atoms with Crippen molar-refractivity contribution < 1.29 is 5.11 Å². The molecule has 1 saturated heterocycles. The maximum atomic E-state index is 10.6. The molecule has 0 saturated carbocycles. The van der Waals surface area contributed by atoms with Crippen LogP contribution in [0.5, 0.6) is 5.75 Å². The number of hydrogen-bond acceptors (Lipinski definition) is 5. The number of nitrogens with zero attached hydrogens (tertiary/aromatic N) is 3. The van der Waals surface area contributed by atoms with Crippen LogP contribution in [-0.2, 0) is 6.54 Å². The number of phenols is 1. The molecule has 4 aromatic rings. The van der Waals surface area contributed by atoms with Gasteiger partial charge in [-0.2, -0.15) is 0 Å². The predicted octanol–water partition coefficient (Wildman–Crippen LogP) is 5.79. The first-order valence-electron chi connectivity index (χ1n) is 10.1. The number of thiazole rings is 1. The average molecular weight is 402 g/mol. The minimum absolute atomic E-state index is 0.350. The highest BCUT2D eigenvalue weighted by Gasteiger charge is 2.25. The molecule has 0 aliphatic carbocycles. The molecule has 0 bridgehead atoms. The van der Waals surface area contributed by atoms with E-state index in [1.54, 1.807) is 17.4 Å². The Balaban J connectivity index is 1.45. The molecule has 146 valence electrons. The molecule has 1 N–H and O–H groups in total. The van der Waals surface area contributed by atoms with Crippen molar-refractivity contribution in [3.63, 3.8) is 0 Å². The lowest BCUT2D eigenvalue weighted by atomic mass is 9.95. The van der Waals surface area contributed by atoms with E-state index in [0.717, 1.165) is 41.2 Å². The van der Waals surface area contributed by atoms with Crippen molar-refractivity contribution in [2.75, 3.05) is 6.54 Å². The van der Waals surface area contributed by atoms with Crippen molar-refractivity contribution in [3.8, 4) is 16.3 Å². The highest BCUT2D eigenvalue weighted by atomic mass is 32.1. The molecule has 1 unspecified atom stereocenters. The highest BCUT2D eigenvalue weighted by Crippen LogP contribution is 2.36. The Morgan fingerprint density at radius 1 is 1.07 bits per heavy atom. The van der Waals surface area contributed by atoms with Crippen molar-refractivity contribution in [1.82, 2.24) is 14.9 Å². The number of piperidine rings is 1. The summed E-state index contributed by atoms with van der Waals surface area (Å²) in [6.45, 7) is 1.76. The van der Waals surface area contributed by atoms with Gasteiger partial charge in [0.2, 0.25) is 0 Å². The zero-order chi connectivity index (χ0) is 19.6. The van der Waals surface area contributed by atoms with E-state index in [1.165, 1.54) is 23.1 Å². The fraction of sp³-hybridized carbons (Fsp3) is 0.250. The molecule has 1 aliphatic heterocycles. The molecule has 0 radical (unpaired) electrons. The summed E-state index contributed by atoms with van der Waals surface area (Å²) in [7, 11) is 0. The van der Waals surface area contributed by atoms with Crippen molar-refractivity contribution in [2.24, 2.45) is 0 Å². The third-order valence-electron chi connectivity index (χ3n) is 5.68. The lowest BCUT2D eigenvalue weighted by molar-refractivity contribution is 0.139. The van der Waals surface area contributed by atoms with Gasteiger partial charge in [0, 0.05) is 36.1 Å². The zero-order valence-corrected chi connectivity index (χ0v) is 17.0. The molecule has 3 heterocycles. The van der Waals surface area contributed by atoms with E-state index in [0.29, 0.717) is 11.8 Å². The Hall–Kier alpha value is -2.76. The molecule has 4 nitrogen and oxygen atoms in total. The molecule has 0 amide bonds. The minimum Gasteiger partial charge on any atom is -0.508 e. The number of aromatic nitrogens is 2. The highest BCUT2D eigenvalue weighted by molar-refractivity contribution is 7.21. The standard InChI is InChI=1S/C24H23N3OS/c28-22-11-10-17(24-26-20-7-1-2-9-23(20)29-24)14-19(22)16-27-13-4-3-8-21(27)18-6-5-12-25-15-18/h1-2,5-7,9-12,14-15,21,28H,3-4,8,13,16H2. The summed E-state index contributed by atoms with van der Waals surface area (Å²) in [4.78, 5) is 11.6. The van der Waals surface area contributed by atoms with Gasteiger partial charge in [-0.25, -0.2) is 4.98 Å². The Bertz CT molecular complexity index is 1090. The van der Waals surface area contributed by atoms with E-state index < -0.39 is 0 Å². The van der Waals surface area contributed by atoms with E-state index in [4.69, 9.17) is 4.98 Å². The van der Waals surface area contributed by atoms with Gasteiger partial charge < -0.3 is 5.11 Å². The van der Waals surface area contributed by atoms with Crippen LogP contribution in [0.2, 0.25) is 0 Å². The number of fused-ring (bicyclic) bond motifs is 1. The summed E-state index contributed by atoms with van der Waals surface area (Å²) in [6.07, 6.45) is 7.34. The predicted molar refractivity (Wildman–Crippen MR) is 118 cm³/mol. The molecule has 29 heavy (non-hydrogen) atoms. The monoisotopic (exact) mass is 401 g/mol. The van der Waals surface area contributed by atoms with E-state index in [1.807, 2.05) is 42.7 Å². The number of para-hydroxylation sites is 1.